The molecule has 0 heterocycles. The van der Waals surface area contributed by atoms with Crippen LogP contribution in [-0.2, 0) is 4.74 Å². The van der Waals surface area contributed by atoms with E-state index in [1.165, 1.54) is 66.7 Å². The summed E-state index contributed by atoms with van der Waals surface area (Å²) in [6, 6.07) is 22.9. The lowest BCUT2D eigenvalue weighted by molar-refractivity contribution is -0.385. The molecule has 1 atom stereocenters. The van der Waals surface area contributed by atoms with E-state index in [1.54, 1.807) is 30.3 Å². The molecule has 0 aromatic heterocycles. The van der Waals surface area contributed by atoms with Crippen molar-refractivity contribution in [2.45, 2.75) is 6.10 Å². The van der Waals surface area contributed by atoms with E-state index >= 15 is 0 Å². The van der Waals surface area contributed by atoms with Gasteiger partial charge in [-0.3, -0.25) is 25.0 Å². The maximum atomic E-state index is 13.3. The van der Waals surface area contributed by atoms with Crippen LogP contribution in [0.5, 0.6) is 11.5 Å². The van der Waals surface area contributed by atoms with Gasteiger partial charge in [0.25, 0.3) is 5.69 Å². The van der Waals surface area contributed by atoms with Crippen molar-refractivity contribution < 1.29 is 28.9 Å². The minimum atomic E-state index is -1.40. The molecule has 0 unspecified atom stereocenters. The van der Waals surface area contributed by atoms with E-state index in [2.05, 4.69) is 0 Å². The quantitative estimate of drug-likeness (QED) is 0.1000. The van der Waals surface area contributed by atoms with Gasteiger partial charge in [-0.2, -0.15) is 0 Å². The van der Waals surface area contributed by atoms with Crippen LogP contribution in [0.2, 0.25) is 5.02 Å². The van der Waals surface area contributed by atoms with Gasteiger partial charge >= 0.3 is 11.7 Å². The summed E-state index contributed by atoms with van der Waals surface area (Å²) in [6.45, 7) is 0. The van der Waals surface area contributed by atoms with E-state index in [4.69, 9.17) is 21.1 Å². The first-order valence-corrected chi connectivity index (χ1v) is 11.4. The Morgan fingerprint density at radius 1 is 0.763 bits per heavy atom. The molecular weight excluding hydrogens is 516 g/mol. The van der Waals surface area contributed by atoms with Crippen LogP contribution in [0, 0.1) is 20.2 Å². The number of carbonyl (C=O) groups is 2. The Labute approximate surface area is 220 Å². The Morgan fingerprint density at radius 2 is 1.42 bits per heavy atom. The third-order valence-electron chi connectivity index (χ3n) is 5.36. The van der Waals surface area contributed by atoms with Gasteiger partial charge in [-0.25, -0.2) is 4.79 Å². The number of para-hydroxylation sites is 1. The topological polar surface area (TPSA) is 139 Å². The number of non-ortho nitro benzene ring substituents is 1. The summed E-state index contributed by atoms with van der Waals surface area (Å²) < 4.78 is 11.2. The summed E-state index contributed by atoms with van der Waals surface area (Å²) in [5.74, 6) is -1.56. The number of rotatable bonds is 9. The van der Waals surface area contributed by atoms with E-state index in [0.29, 0.717) is 0 Å². The highest BCUT2D eigenvalue weighted by atomic mass is 35.5. The normalized spacial score (nSPS) is 11.3. The van der Waals surface area contributed by atoms with Crippen LogP contribution in [0.15, 0.2) is 97.1 Å². The first kappa shape index (κ1) is 26.0. The molecule has 190 valence electrons. The van der Waals surface area contributed by atoms with E-state index in [0.717, 1.165) is 0 Å². The molecular formula is C27H17ClN2O8. The number of hydrogen-bond donors (Lipinski definition) is 0. The van der Waals surface area contributed by atoms with Gasteiger partial charge in [-0.15, -0.1) is 0 Å². The Kier molecular flexibility index (Phi) is 7.74. The van der Waals surface area contributed by atoms with Crippen LogP contribution in [0.3, 0.4) is 0 Å². The first-order chi connectivity index (χ1) is 18.2. The number of ketones is 1. The molecule has 0 saturated heterocycles. The second kappa shape index (κ2) is 11.3. The van der Waals surface area contributed by atoms with Crippen LogP contribution < -0.4 is 4.74 Å². The molecule has 0 aliphatic heterocycles. The van der Waals surface area contributed by atoms with Crippen LogP contribution >= 0.6 is 11.6 Å². The molecule has 0 bridgehead atoms. The predicted octanol–water partition coefficient (Wildman–Crippen LogP) is 6.73. The van der Waals surface area contributed by atoms with Gasteiger partial charge in [0.15, 0.2) is 6.10 Å². The summed E-state index contributed by atoms with van der Waals surface area (Å²) in [5, 5.41) is 22.4. The molecule has 11 heteroatoms. The number of nitro benzene ring substituents is 2. The molecule has 4 aromatic rings. The fourth-order valence-electron chi connectivity index (χ4n) is 3.52. The Morgan fingerprint density at radius 3 is 2.08 bits per heavy atom. The van der Waals surface area contributed by atoms with Crippen molar-refractivity contribution in [3.63, 3.8) is 0 Å². The molecule has 0 radical (unpaired) electrons. The second-order valence-electron chi connectivity index (χ2n) is 7.84. The van der Waals surface area contributed by atoms with Crippen molar-refractivity contribution in [1.29, 1.82) is 0 Å². The molecule has 0 aliphatic rings. The molecule has 0 spiro atoms. The Hall–Kier alpha value is -5.09. The smallest absolute Gasteiger partial charge is 0.339 e. The monoisotopic (exact) mass is 532 g/mol. The standard InChI is InChI=1S/C27H17ClN2O8/c28-22-10-5-11-23(30(35)36)26(22)37-21-9-4-8-19(16-21)27(32)38-25(24(31)17-6-2-1-3-7-17)18-12-14-20(15-13-18)29(33)34/h1-16,25H/t25-/m0/s1. The Bertz CT molecular complexity index is 1520. The summed E-state index contributed by atoms with van der Waals surface area (Å²) in [4.78, 5) is 47.5. The maximum Gasteiger partial charge on any atom is 0.339 e. The lowest BCUT2D eigenvalue weighted by Gasteiger charge is -2.18. The highest BCUT2D eigenvalue weighted by Crippen LogP contribution is 2.38. The first-order valence-electron chi connectivity index (χ1n) is 11.0. The number of esters is 1. The van der Waals surface area contributed by atoms with Crippen molar-refractivity contribution in [2.75, 3.05) is 0 Å². The molecule has 0 fully saturated rings. The number of benzene rings is 4. The number of nitrogens with zero attached hydrogens (tertiary/aromatic N) is 2. The average molecular weight is 533 g/mol. The summed E-state index contributed by atoms with van der Waals surface area (Å²) in [5.41, 5.74) is -0.0599. The molecule has 38 heavy (non-hydrogen) atoms. The van der Waals surface area contributed by atoms with E-state index in [9.17, 15) is 29.8 Å². The van der Waals surface area contributed by atoms with Crippen LogP contribution in [0.4, 0.5) is 11.4 Å². The zero-order valence-electron chi connectivity index (χ0n) is 19.4. The van der Waals surface area contributed by atoms with E-state index < -0.39 is 27.7 Å². The fourth-order valence-corrected chi connectivity index (χ4v) is 3.73. The number of halogens is 1. The van der Waals surface area contributed by atoms with E-state index in [1.807, 2.05) is 0 Å². The minimum Gasteiger partial charge on any atom is -0.449 e. The van der Waals surface area contributed by atoms with Crippen LogP contribution in [0.25, 0.3) is 0 Å². The highest BCUT2D eigenvalue weighted by molar-refractivity contribution is 6.32. The maximum absolute atomic E-state index is 13.3. The summed E-state index contributed by atoms with van der Waals surface area (Å²) in [7, 11) is 0. The lowest BCUT2D eigenvalue weighted by atomic mass is 9.99. The van der Waals surface area contributed by atoms with Crippen molar-refractivity contribution in [3.8, 4) is 11.5 Å². The predicted molar refractivity (Wildman–Crippen MR) is 137 cm³/mol. The highest BCUT2D eigenvalue weighted by Gasteiger charge is 2.28. The number of Topliss-reactive ketones (excluding diaryl/α,β-unsaturated/α-hetero) is 1. The number of ether oxygens (including phenoxy) is 2. The average Bonchev–Trinajstić information content (AvgIpc) is 2.93. The molecule has 0 amide bonds. The molecule has 0 aliphatic carbocycles. The van der Waals surface area contributed by atoms with Crippen LogP contribution in [-0.4, -0.2) is 21.6 Å². The number of nitro groups is 2. The number of hydrogen-bond acceptors (Lipinski definition) is 8. The zero-order chi connectivity index (χ0) is 27.2. The minimum absolute atomic E-state index is 0.00104. The molecule has 0 N–H and O–H groups in total. The van der Waals surface area contributed by atoms with Crippen molar-refractivity contribution in [3.05, 3.63) is 139 Å². The third kappa shape index (κ3) is 5.82. The second-order valence-corrected chi connectivity index (χ2v) is 8.25. The van der Waals surface area contributed by atoms with Gasteiger partial charge in [0.1, 0.15) is 5.75 Å². The van der Waals surface area contributed by atoms with Gasteiger partial charge in [0.05, 0.1) is 20.4 Å². The van der Waals surface area contributed by atoms with Gasteiger partial charge in [0, 0.05) is 29.3 Å². The van der Waals surface area contributed by atoms with Crippen molar-refractivity contribution in [2.24, 2.45) is 0 Å². The van der Waals surface area contributed by atoms with Crippen molar-refractivity contribution >= 4 is 34.7 Å². The summed E-state index contributed by atoms with van der Waals surface area (Å²) in [6.07, 6.45) is -1.40. The van der Waals surface area contributed by atoms with Crippen molar-refractivity contribution in [1.82, 2.24) is 0 Å². The molecule has 0 saturated carbocycles. The molecule has 10 nitrogen and oxygen atoms in total. The van der Waals surface area contributed by atoms with Gasteiger partial charge in [0.2, 0.25) is 11.5 Å². The largest absolute Gasteiger partial charge is 0.449 e. The fraction of sp³-hybridized carbons (Fsp3) is 0.0370. The Balaban J connectivity index is 1.63. The summed E-state index contributed by atoms with van der Waals surface area (Å²) >= 11 is 6.09. The van der Waals surface area contributed by atoms with Gasteiger partial charge in [-0.1, -0.05) is 54.1 Å². The van der Waals surface area contributed by atoms with Gasteiger partial charge in [-0.05, 0) is 36.4 Å². The SMILES string of the molecule is O=C(O[C@H](C(=O)c1ccccc1)c1ccc([N+](=O)[O-])cc1)c1cccc(Oc2c(Cl)cccc2[N+](=O)[O-])c1. The third-order valence-corrected chi connectivity index (χ3v) is 5.66. The van der Waals surface area contributed by atoms with Gasteiger partial charge < -0.3 is 9.47 Å². The lowest BCUT2D eigenvalue weighted by Crippen LogP contribution is -2.20. The zero-order valence-corrected chi connectivity index (χ0v) is 20.1. The molecule has 4 rings (SSSR count). The van der Waals surface area contributed by atoms with Crippen LogP contribution in [0.1, 0.15) is 32.4 Å². The number of carbonyl (C=O) groups excluding carboxylic acids is 2. The van der Waals surface area contributed by atoms with E-state index in [-0.39, 0.29) is 44.6 Å². The molecule has 4 aromatic carbocycles.